The first-order chi connectivity index (χ1) is 10.6. The van der Waals surface area contributed by atoms with E-state index in [2.05, 4.69) is 5.32 Å². The molecule has 120 valence electrons. The topological polar surface area (TPSA) is 38.3 Å². The van der Waals surface area contributed by atoms with E-state index in [1.54, 1.807) is 0 Å². The fraction of sp³-hybridized carbons (Fsp3) is 0.611. The maximum Gasteiger partial charge on any atom is 0.222 e. The molecule has 2 fully saturated rings. The van der Waals surface area contributed by atoms with E-state index in [1.165, 1.54) is 6.42 Å². The highest BCUT2D eigenvalue weighted by atomic mass is 35.5. The minimum Gasteiger partial charge on any atom is -0.370 e. The summed E-state index contributed by atoms with van der Waals surface area (Å²) in [5, 5.41) is 3.99. The number of hydrogen-bond donors (Lipinski definition) is 1. The Balaban J connectivity index is 1.80. The molecule has 1 aromatic rings. The second-order valence-electron chi connectivity index (χ2n) is 6.78. The summed E-state index contributed by atoms with van der Waals surface area (Å²) in [6, 6.07) is 8.06. The third-order valence-corrected chi connectivity index (χ3v) is 5.28. The van der Waals surface area contributed by atoms with E-state index in [0.29, 0.717) is 5.92 Å². The van der Waals surface area contributed by atoms with Crippen LogP contribution in [0.25, 0.3) is 0 Å². The van der Waals surface area contributed by atoms with E-state index in [-0.39, 0.29) is 30.1 Å². The standard InChI is InChI=1S/C18H24ClNO2/c1-11(2)18(21)20-15-10-17(12-6-3-4-8-14(12)19)22-16-9-5-7-13(15)16/h3-4,6,8,11,13,15-17H,5,7,9-10H2,1-2H3,(H,20,21)/t13-,15+,16+,17+/m0/s1. The highest BCUT2D eigenvalue weighted by Gasteiger charge is 2.42. The van der Waals surface area contributed by atoms with Gasteiger partial charge in [-0.25, -0.2) is 0 Å². The van der Waals surface area contributed by atoms with Crippen LogP contribution in [0.1, 0.15) is 51.2 Å². The second-order valence-corrected chi connectivity index (χ2v) is 7.19. The van der Waals surface area contributed by atoms with Crippen LogP contribution in [0.3, 0.4) is 0 Å². The van der Waals surface area contributed by atoms with Crippen molar-refractivity contribution < 1.29 is 9.53 Å². The average molecular weight is 322 g/mol. The Bertz CT molecular complexity index is 546. The largest absolute Gasteiger partial charge is 0.370 e. The maximum atomic E-state index is 12.1. The molecule has 1 saturated carbocycles. The molecule has 3 nitrogen and oxygen atoms in total. The molecule has 0 radical (unpaired) electrons. The molecule has 0 spiro atoms. The van der Waals surface area contributed by atoms with E-state index in [9.17, 15) is 4.79 Å². The summed E-state index contributed by atoms with van der Waals surface area (Å²) in [6.07, 6.45) is 4.43. The van der Waals surface area contributed by atoms with Gasteiger partial charge in [0.25, 0.3) is 0 Å². The van der Waals surface area contributed by atoms with Gasteiger partial charge >= 0.3 is 0 Å². The lowest BCUT2D eigenvalue weighted by Gasteiger charge is -2.40. The second kappa shape index (κ2) is 6.59. The zero-order valence-corrected chi connectivity index (χ0v) is 14.0. The third kappa shape index (κ3) is 3.16. The Morgan fingerprint density at radius 2 is 2.09 bits per heavy atom. The summed E-state index contributed by atoms with van der Waals surface area (Å²) < 4.78 is 6.31. The van der Waals surface area contributed by atoms with Crippen LogP contribution in [0.2, 0.25) is 5.02 Å². The van der Waals surface area contributed by atoms with Crippen molar-refractivity contribution in [1.29, 1.82) is 0 Å². The number of ether oxygens (including phenoxy) is 1. The summed E-state index contributed by atoms with van der Waals surface area (Å²) in [5.74, 6) is 0.596. The number of halogens is 1. The van der Waals surface area contributed by atoms with Gasteiger partial charge in [0.05, 0.1) is 12.2 Å². The molecule has 0 aromatic heterocycles. The van der Waals surface area contributed by atoms with Gasteiger partial charge in [0.15, 0.2) is 0 Å². The number of rotatable bonds is 3. The van der Waals surface area contributed by atoms with Crippen molar-refractivity contribution in [3.63, 3.8) is 0 Å². The van der Waals surface area contributed by atoms with Gasteiger partial charge in [0.2, 0.25) is 5.91 Å². The van der Waals surface area contributed by atoms with Crippen LogP contribution in [-0.2, 0) is 9.53 Å². The van der Waals surface area contributed by atoms with Gasteiger partial charge < -0.3 is 10.1 Å². The first-order valence-electron chi connectivity index (χ1n) is 8.26. The van der Waals surface area contributed by atoms with Gasteiger partial charge in [0.1, 0.15) is 0 Å². The van der Waals surface area contributed by atoms with E-state index in [1.807, 2.05) is 38.1 Å². The predicted molar refractivity (Wildman–Crippen MR) is 87.8 cm³/mol. The van der Waals surface area contributed by atoms with Gasteiger partial charge in [-0.15, -0.1) is 0 Å². The number of fused-ring (bicyclic) bond motifs is 1. The lowest BCUT2D eigenvalue weighted by molar-refractivity contribution is -0.129. The van der Waals surface area contributed by atoms with Crippen LogP contribution in [0, 0.1) is 11.8 Å². The molecule has 1 N–H and O–H groups in total. The highest BCUT2D eigenvalue weighted by Crippen LogP contribution is 2.43. The fourth-order valence-corrected chi connectivity index (χ4v) is 3.97. The molecule has 1 saturated heterocycles. The number of nitrogens with one attached hydrogen (secondary N) is 1. The van der Waals surface area contributed by atoms with Gasteiger partial charge in [-0.2, -0.15) is 0 Å². The van der Waals surface area contributed by atoms with E-state index in [0.717, 1.165) is 29.8 Å². The number of carbonyl (C=O) groups is 1. The van der Waals surface area contributed by atoms with E-state index < -0.39 is 0 Å². The molecule has 1 aliphatic heterocycles. The van der Waals surface area contributed by atoms with Gasteiger partial charge in [0, 0.05) is 22.9 Å². The van der Waals surface area contributed by atoms with Crippen LogP contribution in [0.5, 0.6) is 0 Å². The van der Waals surface area contributed by atoms with Gasteiger partial charge in [-0.1, -0.05) is 50.1 Å². The minimum absolute atomic E-state index is 0.0152. The van der Waals surface area contributed by atoms with Crippen molar-refractivity contribution in [1.82, 2.24) is 5.32 Å². The summed E-state index contributed by atoms with van der Waals surface area (Å²) in [7, 11) is 0. The Kier molecular flexibility index (Phi) is 4.74. The summed E-state index contributed by atoms with van der Waals surface area (Å²) >= 11 is 6.34. The quantitative estimate of drug-likeness (QED) is 0.909. The van der Waals surface area contributed by atoms with Crippen molar-refractivity contribution in [2.75, 3.05) is 0 Å². The Hall–Kier alpha value is -1.06. The molecule has 0 unspecified atom stereocenters. The van der Waals surface area contributed by atoms with Crippen molar-refractivity contribution in [2.45, 2.75) is 57.8 Å². The Morgan fingerprint density at radius 3 is 2.82 bits per heavy atom. The minimum atomic E-state index is -0.0227. The number of carbonyl (C=O) groups excluding carboxylic acids is 1. The molecule has 4 heteroatoms. The van der Waals surface area contributed by atoms with Crippen molar-refractivity contribution in [3.8, 4) is 0 Å². The Labute approximate surface area is 137 Å². The number of hydrogen-bond acceptors (Lipinski definition) is 2. The first-order valence-corrected chi connectivity index (χ1v) is 8.64. The summed E-state index contributed by atoms with van der Waals surface area (Å²) in [6.45, 7) is 3.87. The monoisotopic (exact) mass is 321 g/mol. The zero-order chi connectivity index (χ0) is 15.7. The smallest absolute Gasteiger partial charge is 0.222 e. The fourth-order valence-electron chi connectivity index (χ4n) is 3.71. The maximum absolute atomic E-state index is 12.1. The lowest BCUT2D eigenvalue weighted by atomic mass is 9.86. The number of amides is 1. The summed E-state index contributed by atoms with van der Waals surface area (Å²) in [4.78, 5) is 12.1. The molecular weight excluding hydrogens is 298 g/mol. The molecule has 3 rings (SSSR count). The Morgan fingerprint density at radius 1 is 1.32 bits per heavy atom. The first kappa shape index (κ1) is 15.8. The van der Waals surface area contributed by atoms with Crippen molar-refractivity contribution >= 4 is 17.5 Å². The summed E-state index contributed by atoms with van der Waals surface area (Å²) in [5.41, 5.74) is 1.04. The van der Waals surface area contributed by atoms with Crippen molar-refractivity contribution in [2.24, 2.45) is 11.8 Å². The van der Waals surface area contributed by atoms with Crippen LogP contribution in [-0.4, -0.2) is 18.1 Å². The normalized spacial score (nSPS) is 31.1. The van der Waals surface area contributed by atoms with Crippen molar-refractivity contribution in [3.05, 3.63) is 34.9 Å². The van der Waals surface area contributed by atoms with Crippen LogP contribution in [0.15, 0.2) is 24.3 Å². The highest BCUT2D eigenvalue weighted by molar-refractivity contribution is 6.31. The van der Waals surface area contributed by atoms with Crippen LogP contribution >= 0.6 is 11.6 Å². The van der Waals surface area contributed by atoms with E-state index in [4.69, 9.17) is 16.3 Å². The zero-order valence-electron chi connectivity index (χ0n) is 13.2. The molecular formula is C18H24ClNO2. The molecule has 1 heterocycles. The molecule has 1 aliphatic carbocycles. The van der Waals surface area contributed by atoms with Crippen LogP contribution < -0.4 is 5.32 Å². The molecule has 4 atom stereocenters. The average Bonchev–Trinajstić information content (AvgIpc) is 2.96. The lowest BCUT2D eigenvalue weighted by Crippen LogP contribution is -2.49. The molecule has 0 bridgehead atoms. The molecule has 22 heavy (non-hydrogen) atoms. The third-order valence-electron chi connectivity index (χ3n) is 4.93. The van der Waals surface area contributed by atoms with Crippen LogP contribution in [0.4, 0.5) is 0 Å². The van der Waals surface area contributed by atoms with Gasteiger partial charge in [-0.05, 0) is 30.9 Å². The van der Waals surface area contributed by atoms with E-state index >= 15 is 0 Å². The molecule has 1 amide bonds. The number of benzene rings is 1. The SMILES string of the molecule is CC(C)C(=O)N[C@@H]1C[C@H](c2ccccc2Cl)O[C@@H]2CCC[C@@H]12. The predicted octanol–water partition coefficient (Wildman–Crippen LogP) is 4.11. The van der Waals surface area contributed by atoms with Gasteiger partial charge in [-0.3, -0.25) is 4.79 Å². The molecule has 2 aliphatic rings. The molecule has 1 aromatic carbocycles.